The number of ether oxygens (including phenoxy) is 1. The van der Waals surface area contributed by atoms with Crippen LogP contribution in [0.3, 0.4) is 0 Å². The van der Waals surface area contributed by atoms with Gasteiger partial charge in [0, 0.05) is 0 Å². The molecular formula is C6H10O2. The number of rotatable bonds is 2. The van der Waals surface area contributed by atoms with Gasteiger partial charge in [0.05, 0.1) is 12.7 Å². The van der Waals surface area contributed by atoms with Crippen LogP contribution in [0.2, 0.25) is 0 Å². The lowest BCUT2D eigenvalue weighted by atomic mass is 10.2. The second-order valence-electron chi connectivity index (χ2n) is 2.70. The van der Waals surface area contributed by atoms with Crippen molar-refractivity contribution in [1.29, 1.82) is 0 Å². The summed E-state index contributed by atoms with van der Waals surface area (Å²) >= 11 is 0. The maximum atomic E-state index is 9.20. The number of hydrogen-bond donors (Lipinski definition) is 1. The fourth-order valence-corrected chi connectivity index (χ4v) is 0.994. The quantitative estimate of drug-likeness (QED) is 0.518. The zero-order valence-electron chi connectivity index (χ0n) is 4.71. The Morgan fingerprint density at radius 1 is 1.50 bits per heavy atom. The SMILES string of the molecule is O[C@@H](C1CC1)[C@H]1CO1. The van der Waals surface area contributed by atoms with E-state index in [0.29, 0.717) is 5.92 Å². The maximum absolute atomic E-state index is 9.20. The summed E-state index contributed by atoms with van der Waals surface area (Å²) in [5.41, 5.74) is 0. The largest absolute Gasteiger partial charge is 0.390 e. The molecule has 2 fully saturated rings. The second-order valence-corrected chi connectivity index (χ2v) is 2.70. The Morgan fingerprint density at radius 3 is 2.50 bits per heavy atom. The van der Waals surface area contributed by atoms with Crippen LogP contribution in [0.25, 0.3) is 0 Å². The molecular weight excluding hydrogens is 104 g/mol. The van der Waals surface area contributed by atoms with Crippen LogP contribution in [-0.2, 0) is 4.74 Å². The second kappa shape index (κ2) is 1.45. The highest BCUT2D eigenvalue weighted by Gasteiger charge is 2.41. The minimum Gasteiger partial charge on any atom is -0.390 e. The summed E-state index contributed by atoms with van der Waals surface area (Å²) in [6, 6.07) is 0. The number of hydrogen-bond acceptors (Lipinski definition) is 2. The van der Waals surface area contributed by atoms with E-state index in [9.17, 15) is 5.11 Å². The first-order chi connectivity index (χ1) is 3.88. The monoisotopic (exact) mass is 114 g/mol. The van der Waals surface area contributed by atoms with Gasteiger partial charge in [-0.25, -0.2) is 0 Å². The predicted molar refractivity (Wildman–Crippen MR) is 28.5 cm³/mol. The Hall–Kier alpha value is -0.0800. The van der Waals surface area contributed by atoms with Gasteiger partial charge in [0.2, 0.25) is 0 Å². The average molecular weight is 114 g/mol. The van der Waals surface area contributed by atoms with Crippen LogP contribution in [0.15, 0.2) is 0 Å². The molecule has 2 heteroatoms. The first kappa shape index (κ1) is 4.77. The summed E-state index contributed by atoms with van der Waals surface area (Å²) in [5.74, 6) is 0.586. The topological polar surface area (TPSA) is 32.8 Å². The van der Waals surface area contributed by atoms with E-state index >= 15 is 0 Å². The summed E-state index contributed by atoms with van der Waals surface area (Å²) in [5, 5.41) is 9.20. The number of aliphatic hydroxyl groups excluding tert-OH is 1. The smallest absolute Gasteiger partial charge is 0.107 e. The number of epoxide rings is 1. The fourth-order valence-electron chi connectivity index (χ4n) is 0.994. The highest BCUT2D eigenvalue weighted by atomic mass is 16.6. The summed E-state index contributed by atoms with van der Waals surface area (Å²) in [7, 11) is 0. The molecule has 0 aromatic carbocycles. The van der Waals surface area contributed by atoms with Gasteiger partial charge in [-0.3, -0.25) is 0 Å². The summed E-state index contributed by atoms with van der Waals surface area (Å²) in [4.78, 5) is 0. The molecule has 2 rings (SSSR count). The van der Waals surface area contributed by atoms with E-state index in [-0.39, 0.29) is 12.2 Å². The Bertz CT molecular complexity index is 82.7. The van der Waals surface area contributed by atoms with E-state index in [1.165, 1.54) is 12.8 Å². The molecule has 46 valence electrons. The Balaban J connectivity index is 1.84. The van der Waals surface area contributed by atoms with Gasteiger partial charge in [-0.1, -0.05) is 0 Å². The van der Waals surface area contributed by atoms with Gasteiger partial charge in [-0.2, -0.15) is 0 Å². The molecule has 2 nitrogen and oxygen atoms in total. The highest BCUT2D eigenvalue weighted by Crippen LogP contribution is 2.37. The molecule has 2 aliphatic rings. The van der Waals surface area contributed by atoms with Gasteiger partial charge in [0.15, 0.2) is 0 Å². The molecule has 1 aliphatic carbocycles. The van der Waals surface area contributed by atoms with Gasteiger partial charge in [-0.05, 0) is 18.8 Å². The minimum absolute atomic E-state index is 0.130. The molecule has 0 radical (unpaired) electrons. The zero-order chi connectivity index (χ0) is 5.56. The molecule has 1 saturated carbocycles. The molecule has 0 aromatic rings. The van der Waals surface area contributed by atoms with E-state index in [2.05, 4.69) is 0 Å². The van der Waals surface area contributed by atoms with Crippen molar-refractivity contribution < 1.29 is 9.84 Å². The first-order valence-corrected chi connectivity index (χ1v) is 3.17. The summed E-state index contributed by atoms with van der Waals surface area (Å²) < 4.78 is 4.92. The molecule has 1 aliphatic heterocycles. The van der Waals surface area contributed by atoms with Gasteiger partial charge in [0.25, 0.3) is 0 Å². The van der Waals surface area contributed by atoms with Crippen molar-refractivity contribution in [2.75, 3.05) is 6.61 Å². The normalized spacial score (nSPS) is 39.4. The van der Waals surface area contributed by atoms with Gasteiger partial charge >= 0.3 is 0 Å². The Morgan fingerprint density at radius 2 is 2.12 bits per heavy atom. The van der Waals surface area contributed by atoms with Crippen molar-refractivity contribution in [3.05, 3.63) is 0 Å². The van der Waals surface area contributed by atoms with Gasteiger partial charge < -0.3 is 9.84 Å². The summed E-state index contributed by atoms with van der Waals surface area (Å²) in [6.45, 7) is 0.789. The molecule has 0 unspecified atom stereocenters. The third kappa shape index (κ3) is 0.740. The van der Waals surface area contributed by atoms with Crippen LogP contribution in [0.5, 0.6) is 0 Å². The fraction of sp³-hybridized carbons (Fsp3) is 1.00. The molecule has 8 heavy (non-hydrogen) atoms. The van der Waals surface area contributed by atoms with Gasteiger partial charge in [-0.15, -0.1) is 0 Å². The molecule has 0 amide bonds. The lowest BCUT2D eigenvalue weighted by Crippen LogP contribution is -2.16. The molecule has 2 atom stereocenters. The van der Waals surface area contributed by atoms with Crippen molar-refractivity contribution in [3.63, 3.8) is 0 Å². The Labute approximate surface area is 48.5 Å². The molecule has 0 spiro atoms. The van der Waals surface area contributed by atoms with Crippen molar-refractivity contribution in [1.82, 2.24) is 0 Å². The van der Waals surface area contributed by atoms with Crippen molar-refractivity contribution in [2.24, 2.45) is 5.92 Å². The third-order valence-corrected chi connectivity index (χ3v) is 1.85. The zero-order valence-corrected chi connectivity index (χ0v) is 4.71. The van der Waals surface area contributed by atoms with E-state index < -0.39 is 0 Å². The van der Waals surface area contributed by atoms with Crippen LogP contribution in [0, 0.1) is 5.92 Å². The van der Waals surface area contributed by atoms with Gasteiger partial charge in [0.1, 0.15) is 6.10 Å². The molecule has 1 N–H and O–H groups in total. The van der Waals surface area contributed by atoms with E-state index in [0.717, 1.165) is 6.61 Å². The first-order valence-electron chi connectivity index (χ1n) is 3.17. The van der Waals surface area contributed by atoms with Crippen LogP contribution in [-0.4, -0.2) is 23.9 Å². The van der Waals surface area contributed by atoms with Crippen molar-refractivity contribution in [3.8, 4) is 0 Å². The van der Waals surface area contributed by atoms with Crippen LogP contribution in [0.1, 0.15) is 12.8 Å². The lowest BCUT2D eigenvalue weighted by molar-refractivity contribution is 0.114. The van der Waals surface area contributed by atoms with E-state index in [1.54, 1.807) is 0 Å². The molecule has 0 bridgehead atoms. The number of aliphatic hydroxyl groups is 1. The van der Waals surface area contributed by atoms with Crippen LogP contribution in [0.4, 0.5) is 0 Å². The maximum Gasteiger partial charge on any atom is 0.107 e. The minimum atomic E-state index is -0.130. The van der Waals surface area contributed by atoms with E-state index in [4.69, 9.17) is 4.74 Å². The molecule has 0 aromatic heterocycles. The standard InChI is InChI=1S/C6H10O2/c7-6(4-1-2-4)5-3-8-5/h4-7H,1-3H2/t5-,6+/m1/s1. The van der Waals surface area contributed by atoms with E-state index in [1.807, 2.05) is 0 Å². The van der Waals surface area contributed by atoms with Crippen LogP contribution >= 0.6 is 0 Å². The summed E-state index contributed by atoms with van der Waals surface area (Å²) in [6.07, 6.45) is 2.50. The van der Waals surface area contributed by atoms with Crippen LogP contribution < -0.4 is 0 Å². The molecule has 1 heterocycles. The van der Waals surface area contributed by atoms with Crippen molar-refractivity contribution >= 4 is 0 Å². The Kier molecular flexibility index (Phi) is 0.866. The highest BCUT2D eigenvalue weighted by molar-refractivity contribution is 4.90. The lowest BCUT2D eigenvalue weighted by Gasteiger charge is -2.01. The molecule has 1 saturated heterocycles. The van der Waals surface area contributed by atoms with Crippen molar-refractivity contribution in [2.45, 2.75) is 25.0 Å². The average Bonchev–Trinajstić information content (AvgIpc) is 2.63. The third-order valence-electron chi connectivity index (χ3n) is 1.85. The predicted octanol–water partition coefficient (Wildman–Crippen LogP) is 0.156.